The van der Waals surface area contributed by atoms with Gasteiger partial charge in [0.05, 0.1) is 0 Å². The molecule has 1 amide bonds. The lowest BCUT2D eigenvalue weighted by molar-refractivity contribution is -0.142. The van der Waals surface area contributed by atoms with Crippen molar-refractivity contribution in [2.45, 2.75) is 58.1 Å². The highest BCUT2D eigenvalue weighted by Crippen LogP contribution is 2.22. The molecule has 1 atom stereocenters. The molecule has 3 heteroatoms. The van der Waals surface area contributed by atoms with E-state index in [9.17, 15) is 9.90 Å². The van der Waals surface area contributed by atoms with Gasteiger partial charge in [-0.3, -0.25) is 4.79 Å². The van der Waals surface area contributed by atoms with Crippen molar-refractivity contribution in [1.82, 2.24) is 4.90 Å². The maximum atomic E-state index is 11.6. The van der Waals surface area contributed by atoms with E-state index in [1.165, 1.54) is 19.3 Å². The molecule has 3 nitrogen and oxygen atoms in total. The Kier molecular flexibility index (Phi) is 4.39. The summed E-state index contributed by atoms with van der Waals surface area (Å²) in [5.74, 6) is -0.112. The van der Waals surface area contributed by atoms with Crippen molar-refractivity contribution in [3.63, 3.8) is 0 Å². The molecule has 0 bridgehead atoms. The average molecular weight is 199 g/mol. The van der Waals surface area contributed by atoms with Crippen molar-refractivity contribution in [2.24, 2.45) is 0 Å². The minimum absolute atomic E-state index is 0.112. The lowest BCUT2D eigenvalue weighted by Crippen LogP contribution is -2.45. The highest BCUT2D eigenvalue weighted by Gasteiger charge is 2.26. The van der Waals surface area contributed by atoms with Gasteiger partial charge in [-0.05, 0) is 26.7 Å². The molecule has 0 aromatic carbocycles. The minimum Gasteiger partial charge on any atom is -0.384 e. The van der Waals surface area contributed by atoms with Crippen molar-refractivity contribution in [3.8, 4) is 0 Å². The van der Waals surface area contributed by atoms with E-state index in [0.717, 1.165) is 12.8 Å². The monoisotopic (exact) mass is 199 g/mol. The second kappa shape index (κ2) is 5.35. The van der Waals surface area contributed by atoms with Crippen LogP contribution in [0.5, 0.6) is 0 Å². The molecule has 1 aliphatic rings. The first-order valence-electron chi connectivity index (χ1n) is 5.65. The first kappa shape index (κ1) is 11.5. The zero-order valence-corrected chi connectivity index (χ0v) is 9.20. The molecule has 82 valence electrons. The summed E-state index contributed by atoms with van der Waals surface area (Å²) in [5.41, 5.74) is 0. The largest absolute Gasteiger partial charge is 0.384 e. The standard InChI is InChI=1S/C11H21NO2/c1-3-12(11(14)9(2)13)10-7-5-4-6-8-10/h9-10,13H,3-8H2,1-2H3. The summed E-state index contributed by atoms with van der Waals surface area (Å²) in [7, 11) is 0. The number of carbonyl (C=O) groups excluding carboxylic acids is 1. The molecule has 0 heterocycles. The molecule has 14 heavy (non-hydrogen) atoms. The van der Waals surface area contributed by atoms with Crippen LogP contribution >= 0.6 is 0 Å². The van der Waals surface area contributed by atoms with Crippen molar-refractivity contribution in [3.05, 3.63) is 0 Å². The van der Waals surface area contributed by atoms with Crippen LogP contribution in [0.1, 0.15) is 46.0 Å². The number of nitrogens with zero attached hydrogens (tertiary/aromatic N) is 1. The van der Waals surface area contributed by atoms with Crippen molar-refractivity contribution < 1.29 is 9.90 Å². The molecule has 1 unspecified atom stereocenters. The lowest BCUT2D eigenvalue weighted by Gasteiger charge is -2.34. The molecule has 1 saturated carbocycles. The summed E-state index contributed by atoms with van der Waals surface area (Å²) in [4.78, 5) is 13.5. The summed E-state index contributed by atoms with van der Waals surface area (Å²) in [5, 5.41) is 9.26. The van der Waals surface area contributed by atoms with Crippen LogP contribution in [0.2, 0.25) is 0 Å². The van der Waals surface area contributed by atoms with Gasteiger partial charge >= 0.3 is 0 Å². The normalized spacial score (nSPS) is 20.5. The van der Waals surface area contributed by atoms with Crippen LogP contribution in [0, 0.1) is 0 Å². The molecule has 1 fully saturated rings. The van der Waals surface area contributed by atoms with Gasteiger partial charge in [-0.1, -0.05) is 19.3 Å². The summed E-state index contributed by atoms with van der Waals surface area (Å²) >= 11 is 0. The molecule has 0 saturated heterocycles. The first-order chi connectivity index (χ1) is 6.66. The van der Waals surface area contributed by atoms with Crippen LogP contribution in [-0.4, -0.2) is 34.6 Å². The van der Waals surface area contributed by atoms with E-state index < -0.39 is 6.10 Å². The fraction of sp³-hybridized carbons (Fsp3) is 0.909. The van der Waals surface area contributed by atoms with Crippen LogP contribution in [0.25, 0.3) is 0 Å². The number of amides is 1. The Morgan fingerprint density at radius 3 is 2.43 bits per heavy atom. The van der Waals surface area contributed by atoms with E-state index in [1.54, 1.807) is 6.92 Å². The molecule has 0 aromatic rings. The highest BCUT2D eigenvalue weighted by atomic mass is 16.3. The SMILES string of the molecule is CCN(C(=O)C(C)O)C1CCCCC1. The van der Waals surface area contributed by atoms with E-state index in [0.29, 0.717) is 12.6 Å². The van der Waals surface area contributed by atoms with E-state index in [1.807, 2.05) is 11.8 Å². The van der Waals surface area contributed by atoms with Crippen molar-refractivity contribution >= 4 is 5.91 Å². The van der Waals surface area contributed by atoms with Gasteiger partial charge < -0.3 is 10.0 Å². The molecule has 1 N–H and O–H groups in total. The predicted molar refractivity (Wildman–Crippen MR) is 55.9 cm³/mol. The highest BCUT2D eigenvalue weighted by molar-refractivity contribution is 5.80. The number of hydrogen-bond acceptors (Lipinski definition) is 2. The summed E-state index contributed by atoms with van der Waals surface area (Å²) in [6.07, 6.45) is 5.08. The Labute approximate surface area is 86.1 Å². The van der Waals surface area contributed by atoms with Crippen LogP contribution in [0.3, 0.4) is 0 Å². The molecule has 0 spiro atoms. The third-order valence-electron chi connectivity index (χ3n) is 3.00. The maximum Gasteiger partial charge on any atom is 0.251 e. The number of rotatable bonds is 3. The summed E-state index contributed by atoms with van der Waals surface area (Å²) < 4.78 is 0. The molecule has 1 rings (SSSR count). The predicted octanol–water partition coefficient (Wildman–Crippen LogP) is 1.55. The first-order valence-corrected chi connectivity index (χ1v) is 5.65. The Bertz CT molecular complexity index is 186. The van der Waals surface area contributed by atoms with Crippen LogP contribution in [-0.2, 0) is 4.79 Å². The van der Waals surface area contributed by atoms with E-state index >= 15 is 0 Å². The van der Waals surface area contributed by atoms with Gasteiger partial charge in [0.1, 0.15) is 6.10 Å². The smallest absolute Gasteiger partial charge is 0.251 e. The summed E-state index contributed by atoms with van der Waals surface area (Å²) in [6.45, 7) is 4.25. The van der Waals surface area contributed by atoms with Gasteiger partial charge in [0, 0.05) is 12.6 Å². The number of carbonyl (C=O) groups is 1. The number of aliphatic hydroxyl groups excluding tert-OH is 1. The van der Waals surface area contributed by atoms with Crippen LogP contribution in [0.4, 0.5) is 0 Å². The van der Waals surface area contributed by atoms with Gasteiger partial charge in [0.15, 0.2) is 0 Å². The molecule has 0 aromatic heterocycles. The fourth-order valence-electron chi connectivity index (χ4n) is 2.23. The van der Waals surface area contributed by atoms with Gasteiger partial charge in [-0.2, -0.15) is 0 Å². The van der Waals surface area contributed by atoms with Gasteiger partial charge in [-0.15, -0.1) is 0 Å². The average Bonchev–Trinajstić information content (AvgIpc) is 2.20. The quantitative estimate of drug-likeness (QED) is 0.749. The Morgan fingerprint density at radius 2 is 2.00 bits per heavy atom. The fourth-order valence-corrected chi connectivity index (χ4v) is 2.23. The minimum atomic E-state index is -0.850. The van der Waals surface area contributed by atoms with Gasteiger partial charge in [0.2, 0.25) is 0 Å². The second-order valence-electron chi connectivity index (χ2n) is 4.09. The molecular weight excluding hydrogens is 178 g/mol. The Morgan fingerprint density at radius 1 is 1.43 bits per heavy atom. The zero-order chi connectivity index (χ0) is 10.6. The number of aliphatic hydroxyl groups is 1. The topological polar surface area (TPSA) is 40.5 Å². The Hall–Kier alpha value is -0.570. The Balaban J connectivity index is 2.55. The zero-order valence-electron chi connectivity index (χ0n) is 9.20. The van der Waals surface area contributed by atoms with Gasteiger partial charge in [-0.25, -0.2) is 0 Å². The second-order valence-corrected chi connectivity index (χ2v) is 4.09. The maximum absolute atomic E-state index is 11.6. The van der Waals surface area contributed by atoms with Crippen LogP contribution < -0.4 is 0 Å². The molecule has 1 aliphatic carbocycles. The van der Waals surface area contributed by atoms with E-state index in [2.05, 4.69) is 0 Å². The lowest BCUT2D eigenvalue weighted by atomic mass is 9.94. The van der Waals surface area contributed by atoms with E-state index in [-0.39, 0.29) is 5.91 Å². The number of hydrogen-bond donors (Lipinski definition) is 1. The van der Waals surface area contributed by atoms with Crippen LogP contribution in [0.15, 0.2) is 0 Å². The molecular formula is C11H21NO2. The summed E-state index contributed by atoms with van der Waals surface area (Å²) in [6, 6.07) is 0.371. The van der Waals surface area contributed by atoms with Crippen molar-refractivity contribution in [1.29, 1.82) is 0 Å². The van der Waals surface area contributed by atoms with Gasteiger partial charge in [0.25, 0.3) is 5.91 Å². The van der Waals surface area contributed by atoms with Crippen molar-refractivity contribution in [2.75, 3.05) is 6.54 Å². The third kappa shape index (κ3) is 2.71. The van der Waals surface area contributed by atoms with E-state index in [4.69, 9.17) is 0 Å². The molecule has 0 aliphatic heterocycles. The third-order valence-corrected chi connectivity index (χ3v) is 3.00. The number of likely N-dealkylation sites (N-methyl/N-ethyl adjacent to an activating group) is 1. The molecule has 0 radical (unpaired) electrons.